The molecule has 0 radical (unpaired) electrons. The summed E-state index contributed by atoms with van der Waals surface area (Å²) in [5.74, 6) is 0.170. The Balaban J connectivity index is 3.74. The minimum Gasteiger partial charge on any atom is -0.342 e. The third kappa shape index (κ3) is 5.98. The van der Waals surface area contributed by atoms with Crippen LogP contribution in [0, 0.1) is 11.3 Å². The molecule has 4 heteroatoms. The van der Waals surface area contributed by atoms with Gasteiger partial charge in [-0.25, -0.2) is 0 Å². The van der Waals surface area contributed by atoms with Crippen LogP contribution in [0.15, 0.2) is 0 Å². The highest BCUT2D eigenvalue weighted by atomic mass is 79.9. The summed E-state index contributed by atoms with van der Waals surface area (Å²) in [7, 11) is 0. The summed E-state index contributed by atoms with van der Waals surface area (Å²) >= 11 is 3.33. The van der Waals surface area contributed by atoms with Crippen LogP contribution in [-0.2, 0) is 4.79 Å². The molecule has 0 saturated carbocycles. The molecule has 0 fully saturated rings. The van der Waals surface area contributed by atoms with Gasteiger partial charge < -0.3 is 4.90 Å². The fourth-order valence-electron chi connectivity index (χ4n) is 1.17. The highest BCUT2D eigenvalue weighted by molar-refractivity contribution is 9.09. The molecule has 0 atom stereocenters. The molecule has 0 N–H and O–H groups in total. The van der Waals surface area contributed by atoms with E-state index in [1.807, 2.05) is 6.92 Å². The molecule has 3 nitrogen and oxygen atoms in total. The third-order valence-corrected chi connectivity index (χ3v) is 2.56. The molecule has 14 heavy (non-hydrogen) atoms. The molecular formula is C10H17BrN2O. The molecular weight excluding hydrogens is 244 g/mol. The number of nitriles is 1. The van der Waals surface area contributed by atoms with Crippen LogP contribution in [0.3, 0.4) is 0 Å². The number of amides is 1. The number of alkyl halides is 1. The molecule has 0 aliphatic heterocycles. The topological polar surface area (TPSA) is 44.1 Å². The lowest BCUT2D eigenvalue weighted by Gasteiger charge is -2.19. The number of halogens is 1. The van der Waals surface area contributed by atoms with Crippen LogP contribution in [0.5, 0.6) is 0 Å². The largest absolute Gasteiger partial charge is 0.342 e. The average Bonchev–Trinajstić information content (AvgIpc) is 2.19. The predicted octanol–water partition coefficient (Wildman–Crippen LogP) is 2.31. The van der Waals surface area contributed by atoms with Gasteiger partial charge in [-0.3, -0.25) is 4.79 Å². The number of rotatable bonds is 7. The van der Waals surface area contributed by atoms with E-state index in [4.69, 9.17) is 5.26 Å². The second kappa shape index (κ2) is 9.01. The molecule has 80 valence electrons. The maximum atomic E-state index is 11.6. The number of carbonyl (C=O) groups excluding carboxylic acids is 1. The van der Waals surface area contributed by atoms with Gasteiger partial charge >= 0.3 is 0 Å². The summed E-state index contributed by atoms with van der Waals surface area (Å²) in [5, 5.41) is 9.36. The molecule has 0 heterocycles. The van der Waals surface area contributed by atoms with Gasteiger partial charge in [0.1, 0.15) is 0 Å². The summed E-state index contributed by atoms with van der Waals surface area (Å²) in [4.78, 5) is 13.3. The van der Waals surface area contributed by atoms with Gasteiger partial charge in [-0.05, 0) is 19.8 Å². The number of nitrogens with zero attached hydrogens (tertiary/aromatic N) is 2. The molecule has 0 saturated heterocycles. The van der Waals surface area contributed by atoms with Crippen LogP contribution in [0.1, 0.15) is 32.6 Å². The average molecular weight is 261 g/mol. The molecule has 0 aromatic rings. The lowest BCUT2D eigenvalue weighted by atomic mass is 10.2. The molecule has 0 bridgehead atoms. The van der Waals surface area contributed by atoms with Crippen molar-refractivity contribution in [2.75, 3.05) is 18.4 Å². The monoisotopic (exact) mass is 260 g/mol. The smallest absolute Gasteiger partial charge is 0.222 e. The van der Waals surface area contributed by atoms with E-state index in [1.165, 1.54) is 0 Å². The zero-order valence-corrected chi connectivity index (χ0v) is 10.2. The van der Waals surface area contributed by atoms with E-state index in [0.717, 1.165) is 18.2 Å². The Bertz CT molecular complexity index is 201. The van der Waals surface area contributed by atoms with Crippen LogP contribution < -0.4 is 0 Å². The SMILES string of the molecule is CCN(CCC#N)C(=O)CCCCBr. The summed E-state index contributed by atoms with van der Waals surface area (Å²) in [6.45, 7) is 3.22. The first-order valence-corrected chi connectivity index (χ1v) is 6.09. The standard InChI is InChI=1S/C10H17BrN2O/c1-2-13(9-5-8-12)10(14)6-3-4-7-11/h2-7,9H2,1H3. The Labute approximate surface area is 94.2 Å². The Morgan fingerprint density at radius 1 is 1.50 bits per heavy atom. The zero-order chi connectivity index (χ0) is 10.8. The maximum Gasteiger partial charge on any atom is 0.222 e. The summed E-state index contributed by atoms with van der Waals surface area (Å²) < 4.78 is 0. The highest BCUT2D eigenvalue weighted by Crippen LogP contribution is 2.03. The lowest BCUT2D eigenvalue weighted by molar-refractivity contribution is -0.131. The number of hydrogen-bond donors (Lipinski definition) is 0. The van der Waals surface area contributed by atoms with E-state index in [2.05, 4.69) is 22.0 Å². The molecule has 0 spiro atoms. The molecule has 0 aromatic heterocycles. The van der Waals surface area contributed by atoms with Crippen molar-refractivity contribution in [3.8, 4) is 6.07 Å². The van der Waals surface area contributed by atoms with Gasteiger partial charge in [0.2, 0.25) is 5.91 Å². The quantitative estimate of drug-likeness (QED) is 0.521. The summed E-state index contributed by atoms with van der Waals surface area (Å²) in [6.07, 6.45) is 2.98. The van der Waals surface area contributed by atoms with Gasteiger partial charge in [-0.2, -0.15) is 5.26 Å². The van der Waals surface area contributed by atoms with E-state index in [-0.39, 0.29) is 5.91 Å². The Hall–Kier alpha value is -0.560. The minimum absolute atomic E-state index is 0.170. The molecule has 0 aromatic carbocycles. The van der Waals surface area contributed by atoms with E-state index in [9.17, 15) is 4.79 Å². The molecule has 0 rings (SSSR count). The first-order valence-electron chi connectivity index (χ1n) is 4.97. The van der Waals surface area contributed by atoms with Crippen molar-refractivity contribution in [1.29, 1.82) is 5.26 Å². The Morgan fingerprint density at radius 3 is 2.71 bits per heavy atom. The summed E-state index contributed by atoms with van der Waals surface area (Å²) in [5.41, 5.74) is 0. The predicted molar refractivity (Wildman–Crippen MR) is 60.1 cm³/mol. The zero-order valence-electron chi connectivity index (χ0n) is 8.63. The molecule has 1 amide bonds. The van der Waals surface area contributed by atoms with E-state index in [0.29, 0.717) is 25.9 Å². The fraction of sp³-hybridized carbons (Fsp3) is 0.800. The van der Waals surface area contributed by atoms with E-state index < -0.39 is 0 Å². The highest BCUT2D eigenvalue weighted by Gasteiger charge is 2.09. The van der Waals surface area contributed by atoms with Gasteiger partial charge in [-0.1, -0.05) is 15.9 Å². The Morgan fingerprint density at radius 2 is 2.21 bits per heavy atom. The van der Waals surface area contributed by atoms with Gasteiger partial charge in [0, 0.05) is 24.8 Å². The van der Waals surface area contributed by atoms with Crippen molar-refractivity contribution >= 4 is 21.8 Å². The van der Waals surface area contributed by atoms with Crippen LogP contribution >= 0.6 is 15.9 Å². The first kappa shape index (κ1) is 13.4. The van der Waals surface area contributed by atoms with Crippen LogP contribution in [0.25, 0.3) is 0 Å². The van der Waals surface area contributed by atoms with Crippen molar-refractivity contribution in [3.63, 3.8) is 0 Å². The van der Waals surface area contributed by atoms with Crippen LogP contribution in [0.2, 0.25) is 0 Å². The van der Waals surface area contributed by atoms with Crippen LogP contribution in [0.4, 0.5) is 0 Å². The lowest BCUT2D eigenvalue weighted by Crippen LogP contribution is -2.31. The molecule has 0 aliphatic carbocycles. The summed E-state index contributed by atoms with van der Waals surface area (Å²) in [6, 6.07) is 2.05. The molecule has 0 unspecified atom stereocenters. The minimum atomic E-state index is 0.170. The van der Waals surface area contributed by atoms with Gasteiger partial charge in [0.25, 0.3) is 0 Å². The van der Waals surface area contributed by atoms with Crippen molar-refractivity contribution < 1.29 is 4.79 Å². The number of carbonyl (C=O) groups is 1. The second-order valence-corrected chi connectivity index (χ2v) is 3.82. The maximum absolute atomic E-state index is 11.6. The van der Waals surface area contributed by atoms with Crippen LogP contribution in [-0.4, -0.2) is 29.2 Å². The fourth-order valence-corrected chi connectivity index (χ4v) is 1.57. The normalized spacial score (nSPS) is 9.50. The van der Waals surface area contributed by atoms with Crippen molar-refractivity contribution in [3.05, 3.63) is 0 Å². The number of unbranched alkanes of at least 4 members (excludes halogenated alkanes) is 1. The van der Waals surface area contributed by atoms with E-state index in [1.54, 1.807) is 4.90 Å². The van der Waals surface area contributed by atoms with Gasteiger partial charge in [0.15, 0.2) is 0 Å². The molecule has 0 aliphatic rings. The van der Waals surface area contributed by atoms with Gasteiger partial charge in [-0.15, -0.1) is 0 Å². The van der Waals surface area contributed by atoms with Crippen molar-refractivity contribution in [1.82, 2.24) is 4.90 Å². The van der Waals surface area contributed by atoms with E-state index >= 15 is 0 Å². The van der Waals surface area contributed by atoms with Gasteiger partial charge in [0.05, 0.1) is 12.5 Å². The Kier molecular flexibility index (Phi) is 8.65. The van der Waals surface area contributed by atoms with Crippen molar-refractivity contribution in [2.45, 2.75) is 32.6 Å². The third-order valence-electron chi connectivity index (χ3n) is 2.00. The van der Waals surface area contributed by atoms with Crippen molar-refractivity contribution in [2.24, 2.45) is 0 Å². The first-order chi connectivity index (χ1) is 6.76. The number of hydrogen-bond acceptors (Lipinski definition) is 2. The second-order valence-electron chi connectivity index (χ2n) is 3.03.